The van der Waals surface area contributed by atoms with Crippen molar-refractivity contribution in [3.05, 3.63) is 59.7 Å². The van der Waals surface area contributed by atoms with Crippen LogP contribution in [0.1, 0.15) is 5.56 Å². The summed E-state index contributed by atoms with van der Waals surface area (Å²) in [4.78, 5) is 28.4. The zero-order valence-corrected chi connectivity index (χ0v) is 15.9. The van der Waals surface area contributed by atoms with E-state index in [1.165, 1.54) is 23.0 Å². The van der Waals surface area contributed by atoms with E-state index in [0.29, 0.717) is 22.7 Å². The van der Waals surface area contributed by atoms with Gasteiger partial charge in [-0.05, 0) is 42.6 Å². The van der Waals surface area contributed by atoms with E-state index in [1.54, 1.807) is 56.6 Å². The highest BCUT2D eigenvalue weighted by Gasteiger charge is 2.38. The average Bonchev–Trinajstić information content (AvgIpc) is 2.70. The monoisotopic (exact) mass is 382 g/mol. The predicted octanol–water partition coefficient (Wildman–Crippen LogP) is 2.88. The first-order valence-corrected chi connectivity index (χ1v) is 8.54. The minimum Gasteiger partial charge on any atom is -0.497 e. The molecule has 0 radical (unpaired) electrons. The van der Waals surface area contributed by atoms with Crippen LogP contribution in [0, 0.1) is 0 Å². The standard InChI is InChI=1S/C20H18N2O4S/c1-21-18(23)16(11-13-9-10-15(25-2)12-17(13)26-3)19(24)22(20(21)27)14-7-5-4-6-8-14/h4-12H,1-3H3. The number of hydrogen-bond donors (Lipinski definition) is 0. The highest BCUT2D eigenvalue weighted by molar-refractivity contribution is 7.80. The molecule has 2 aromatic rings. The Bertz CT molecular complexity index is 940. The van der Waals surface area contributed by atoms with E-state index in [-0.39, 0.29) is 10.7 Å². The van der Waals surface area contributed by atoms with E-state index in [4.69, 9.17) is 21.7 Å². The van der Waals surface area contributed by atoms with Crippen LogP contribution in [0.5, 0.6) is 11.5 Å². The molecule has 27 heavy (non-hydrogen) atoms. The van der Waals surface area contributed by atoms with Gasteiger partial charge in [-0.15, -0.1) is 0 Å². The molecule has 1 saturated heterocycles. The van der Waals surface area contributed by atoms with E-state index in [0.717, 1.165) is 0 Å². The molecule has 1 aliphatic heterocycles. The summed E-state index contributed by atoms with van der Waals surface area (Å²) in [6.45, 7) is 0. The van der Waals surface area contributed by atoms with Gasteiger partial charge in [-0.2, -0.15) is 0 Å². The SMILES string of the molecule is COc1ccc(C=C2C(=O)N(C)C(=S)N(c3ccccc3)C2=O)c(OC)c1. The number of hydrogen-bond acceptors (Lipinski definition) is 5. The maximum absolute atomic E-state index is 13.1. The van der Waals surface area contributed by atoms with Crippen LogP contribution in [-0.2, 0) is 9.59 Å². The molecule has 6 nitrogen and oxygen atoms in total. The Morgan fingerprint density at radius 1 is 0.963 bits per heavy atom. The van der Waals surface area contributed by atoms with Crippen molar-refractivity contribution >= 4 is 40.9 Å². The molecular formula is C20H18N2O4S. The van der Waals surface area contributed by atoms with Crippen molar-refractivity contribution < 1.29 is 19.1 Å². The maximum atomic E-state index is 13.1. The maximum Gasteiger partial charge on any atom is 0.270 e. The Labute approximate surface area is 162 Å². The lowest BCUT2D eigenvalue weighted by molar-refractivity contribution is -0.127. The average molecular weight is 382 g/mol. The molecule has 0 atom stereocenters. The third kappa shape index (κ3) is 3.41. The third-order valence-electron chi connectivity index (χ3n) is 4.20. The number of para-hydroxylation sites is 1. The van der Waals surface area contributed by atoms with Gasteiger partial charge in [0.15, 0.2) is 5.11 Å². The molecule has 1 heterocycles. The zero-order valence-electron chi connectivity index (χ0n) is 15.1. The first-order valence-electron chi connectivity index (χ1n) is 8.13. The van der Waals surface area contributed by atoms with Crippen molar-refractivity contribution in [3.63, 3.8) is 0 Å². The van der Waals surface area contributed by atoms with Crippen molar-refractivity contribution in [1.82, 2.24) is 4.90 Å². The van der Waals surface area contributed by atoms with Gasteiger partial charge in [-0.25, -0.2) is 0 Å². The second-order valence-corrected chi connectivity index (χ2v) is 6.15. The summed E-state index contributed by atoms with van der Waals surface area (Å²) in [6.07, 6.45) is 1.51. The van der Waals surface area contributed by atoms with Gasteiger partial charge >= 0.3 is 0 Å². The third-order valence-corrected chi connectivity index (χ3v) is 4.66. The number of benzene rings is 2. The molecule has 2 amide bonds. The topological polar surface area (TPSA) is 59.1 Å². The van der Waals surface area contributed by atoms with Crippen molar-refractivity contribution in [2.24, 2.45) is 0 Å². The molecule has 0 bridgehead atoms. The molecular weight excluding hydrogens is 364 g/mol. The Hall–Kier alpha value is -3.19. The minimum atomic E-state index is -0.479. The van der Waals surface area contributed by atoms with Gasteiger partial charge in [0.05, 0.1) is 19.9 Å². The number of nitrogens with zero attached hydrogens (tertiary/aromatic N) is 2. The van der Waals surface area contributed by atoms with Gasteiger partial charge in [0.2, 0.25) is 0 Å². The van der Waals surface area contributed by atoms with Crippen LogP contribution in [0.3, 0.4) is 0 Å². The fraction of sp³-hybridized carbons (Fsp3) is 0.150. The summed E-state index contributed by atoms with van der Waals surface area (Å²) in [5, 5.41) is 0.134. The summed E-state index contributed by atoms with van der Waals surface area (Å²) in [6, 6.07) is 14.1. The first kappa shape index (κ1) is 18.6. The van der Waals surface area contributed by atoms with Gasteiger partial charge in [0, 0.05) is 18.7 Å². The largest absolute Gasteiger partial charge is 0.497 e. The molecule has 0 aliphatic carbocycles. The number of thiocarbonyl (C=S) groups is 1. The van der Waals surface area contributed by atoms with Crippen LogP contribution >= 0.6 is 12.2 Å². The van der Waals surface area contributed by atoms with Crippen LogP contribution in [0.15, 0.2) is 54.1 Å². The summed E-state index contributed by atoms with van der Waals surface area (Å²) in [7, 11) is 4.61. The molecule has 3 rings (SSSR count). The van der Waals surface area contributed by atoms with Gasteiger partial charge in [0.1, 0.15) is 17.1 Å². The number of carbonyl (C=O) groups excluding carboxylic acids is 2. The Balaban J connectivity index is 2.09. The molecule has 138 valence electrons. The lowest BCUT2D eigenvalue weighted by Crippen LogP contribution is -2.54. The van der Waals surface area contributed by atoms with Crippen molar-refractivity contribution in [2.75, 3.05) is 26.2 Å². The molecule has 0 saturated carbocycles. The summed E-state index contributed by atoms with van der Waals surface area (Å²) in [5.74, 6) is 0.159. The Kier molecular flexibility index (Phi) is 5.23. The summed E-state index contributed by atoms with van der Waals surface area (Å²) >= 11 is 5.33. The van der Waals surface area contributed by atoms with E-state index in [9.17, 15) is 9.59 Å². The minimum absolute atomic E-state index is 0.00146. The lowest BCUT2D eigenvalue weighted by Gasteiger charge is -2.34. The normalized spacial score (nSPS) is 16.1. The van der Waals surface area contributed by atoms with Crippen LogP contribution in [-0.4, -0.2) is 43.1 Å². The Morgan fingerprint density at radius 3 is 2.30 bits per heavy atom. The number of anilines is 1. The Morgan fingerprint density at radius 2 is 1.67 bits per heavy atom. The molecule has 1 aliphatic rings. The highest BCUT2D eigenvalue weighted by atomic mass is 32.1. The number of ether oxygens (including phenoxy) is 2. The van der Waals surface area contributed by atoms with E-state index < -0.39 is 11.8 Å². The van der Waals surface area contributed by atoms with Crippen LogP contribution in [0.2, 0.25) is 0 Å². The molecule has 0 aromatic heterocycles. The van der Waals surface area contributed by atoms with E-state index in [1.807, 2.05) is 6.07 Å². The molecule has 0 N–H and O–H groups in total. The van der Waals surface area contributed by atoms with Crippen LogP contribution in [0.4, 0.5) is 5.69 Å². The first-order chi connectivity index (χ1) is 13.0. The van der Waals surface area contributed by atoms with E-state index >= 15 is 0 Å². The van der Waals surface area contributed by atoms with Gasteiger partial charge in [-0.1, -0.05) is 18.2 Å². The quantitative estimate of drug-likeness (QED) is 0.462. The van der Waals surface area contributed by atoms with Gasteiger partial charge in [-0.3, -0.25) is 19.4 Å². The number of methoxy groups -OCH3 is 2. The van der Waals surface area contributed by atoms with Crippen molar-refractivity contribution in [3.8, 4) is 11.5 Å². The van der Waals surface area contributed by atoms with Crippen molar-refractivity contribution in [1.29, 1.82) is 0 Å². The predicted molar refractivity (Wildman–Crippen MR) is 107 cm³/mol. The summed E-state index contributed by atoms with van der Waals surface area (Å²) in [5.41, 5.74) is 1.18. The second-order valence-electron chi connectivity index (χ2n) is 5.79. The zero-order chi connectivity index (χ0) is 19.6. The summed E-state index contributed by atoms with van der Waals surface area (Å²) < 4.78 is 10.5. The smallest absolute Gasteiger partial charge is 0.270 e. The van der Waals surface area contributed by atoms with Gasteiger partial charge in [0.25, 0.3) is 11.8 Å². The molecule has 0 unspecified atom stereocenters. The van der Waals surface area contributed by atoms with Crippen LogP contribution < -0.4 is 14.4 Å². The second kappa shape index (κ2) is 7.59. The fourth-order valence-electron chi connectivity index (χ4n) is 2.74. The number of likely N-dealkylation sites (N-methyl/N-ethyl adjacent to an activating group) is 1. The van der Waals surface area contributed by atoms with Crippen molar-refractivity contribution in [2.45, 2.75) is 0 Å². The number of carbonyl (C=O) groups is 2. The molecule has 0 spiro atoms. The number of rotatable bonds is 4. The molecule has 7 heteroatoms. The van der Waals surface area contributed by atoms with Crippen LogP contribution in [0.25, 0.3) is 6.08 Å². The number of amides is 2. The lowest BCUT2D eigenvalue weighted by atomic mass is 10.1. The highest BCUT2D eigenvalue weighted by Crippen LogP contribution is 2.29. The molecule has 2 aromatic carbocycles. The van der Waals surface area contributed by atoms with E-state index in [2.05, 4.69) is 0 Å². The van der Waals surface area contributed by atoms with Gasteiger partial charge < -0.3 is 9.47 Å². The fourth-order valence-corrected chi connectivity index (χ4v) is 3.01. The molecule has 1 fully saturated rings.